The molecule has 0 spiro atoms. The molecule has 2 rings (SSSR count). The Kier molecular flexibility index (Phi) is 9.95. The Bertz CT molecular complexity index is 769. The first-order valence-corrected chi connectivity index (χ1v) is 8.49. The van der Waals surface area contributed by atoms with E-state index < -0.39 is 6.09 Å². The van der Waals surface area contributed by atoms with Crippen molar-refractivity contribution in [3.05, 3.63) is 64.7 Å². The molecule has 0 heterocycles. The van der Waals surface area contributed by atoms with E-state index in [1.807, 2.05) is 60.5 Å². The zero-order chi connectivity index (χ0) is 18.9. The number of nitrogens with one attached hydrogen (secondary N) is 2. The highest BCUT2D eigenvalue weighted by Crippen LogP contribution is 2.13. The van der Waals surface area contributed by atoms with Crippen molar-refractivity contribution in [2.24, 2.45) is 4.99 Å². The van der Waals surface area contributed by atoms with Gasteiger partial charge in [0.25, 0.3) is 0 Å². The Morgan fingerprint density at radius 1 is 1.19 bits per heavy atom. The molecular weight excluding hydrogens is 479 g/mol. The lowest BCUT2D eigenvalue weighted by molar-refractivity contribution is 0.187. The van der Waals surface area contributed by atoms with Crippen LogP contribution in [0.25, 0.3) is 0 Å². The average Bonchev–Trinajstić information content (AvgIpc) is 2.63. The van der Waals surface area contributed by atoms with Gasteiger partial charge < -0.3 is 15.0 Å². The van der Waals surface area contributed by atoms with Crippen LogP contribution in [-0.2, 0) is 17.8 Å². The summed E-state index contributed by atoms with van der Waals surface area (Å²) in [4.78, 5) is 17.5. The number of halogens is 2. The van der Waals surface area contributed by atoms with Gasteiger partial charge in [0.2, 0.25) is 0 Å². The summed E-state index contributed by atoms with van der Waals surface area (Å²) in [6, 6.07) is 15.3. The summed E-state index contributed by atoms with van der Waals surface area (Å²) in [5.74, 6) is 0.779. The highest BCUT2D eigenvalue weighted by Gasteiger charge is 2.07. The molecule has 0 bridgehead atoms. The average molecular weight is 503 g/mol. The van der Waals surface area contributed by atoms with E-state index in [1.54, 1.807) is 7.05 Å². The van der Waals surface area contributed by atoms with Crippen LogP contribution < -0.4 is 10.6 Å². The van der Waals surface area contributed by atoms with E-state index >= 15 is 0 Å². The van der Waals surface area contributed by atoms with Gasteiger partial charge in [-0.2, -0.15) is 0 Å². The molecular formula is C19H24ClIN4O2. The van der Waals surface area contributed by atoms with Crippen LogP contribution in [0, 0.1) is 0 Å². The first kappa shape index (κ1) is 23.0. The lowest BCUT2D eigenvalue weighted by Gasteiger charge is -2.22. The highest BCUT2D eigenvalue weighted by atomic mass is 127. The molecule has 0 atom stereocenters. The summed E-state index contributed by atoms with van der Waals surface area (Å²) in [6.07, 6.45) is -0.487. The molecule has 0 radical (unpaired) electrons. The summed E-state index contributed by atoms with van der Waals surface area (Å²) in [5, 5.41) is 6.67. The fraction of sp³-hybridized carbons (Fsp3) is 0.263. The molecule has 2 N–H and O–H groups in total. The molecule has 27 heavy (non-hydrogen) atoms. The zero-order valence-electron chi connectivity index (χ0n) is 15.5. The number of carbonyl (C=O) groups is 1. The third-order valence-electron chi connectivity index (χ3n) is 3.72. The van der Waals surface area contributed by atoms with Crippen LogP contribution in [0.1, 0.15) is 11.1 Å². The summed E-state index contributed by atoms with van der Waals surface area (Å²) >= 11 is 6.04. The molecule has 0 fully saturated rings. The summed E-state index contributed by atoms with van der Waals surface area (Å²) < 4.78 is 4.57. The van der Waals surface area contributed by atoms with Crippen molar-refractivity contribution in [1.82, 2.24) is 10.2 Å². The van der Waals surface area contributed by atoms with E-state index in [9.17, 15) is 4.79 Å². The number of ether oxygens (including phenoxy) is 1. The standard InChI is InChI=1S/C19H23ClN4O2.HI/c1-21-18(24(2)13-15-5-4-6-16(20)11-15)22-12-14-7-9-17(10-8-14)23-19(25)26-3;/h4-11H,12-13H2,1-3H3,(H,21,22)(H,23,25);1H. The molecule has 0 aromatic heterocycles. The van der Waals surface area contributed by atoms with Gasteiger partial charge in [0, 0.05) is 37.9 Å². The Morgan fingerprint density at radius 3 is 2.48 bits per heavy atom. The molecule has 0 saturated heterocycles. The Morgan fingerprint density at radius 2 is 1.89 bits per heavy atom. The first-order chi connectivity index (χ1) is 12.5. The summed E-state index contributed by atoms with van der Waals surface area (Å²) in [7, 11) is 5.05. The van der Waals surface area contributed by atoms with Crippen molar-refractivity contribution >= 4 is 53.3 Å². The van der Waals surface area contributed by atoms with Gasteiger partial charge in [0.05, 0.1) is 7.11 Å². The normalized spacial score (nSPS) is 10.6. The number of nitrogens with zero attached hydrogens (tertiary/aromatic N) is 2. The van der Waals surface area contributed by atoms with Crippen molar-refractivity contribution in [2.75, 3.05) is 26.5 Å². The predicted molar refractivity (Wildman–Crippen MR) is 121 cm³/mol. The van der Waals surface area contributed by atoms with Crippen molar-refractivity contribution in [2.45, 2.75) is 13.1 Å². The van der Waals surface area contributed by atoms with Gasteiger partial charge in [0.15, 0.2) is 5.96 Å². The van der Waals surface area contributed by atoms with Crippen molar-refractivity contribution in [3.8, 4) is 0 Å². The van der Waals surface area contributed by atoms with Gasteiger partial charge in [-0.15, -0.1) is 24.0 Å². The number of amides is 1. The SMILES string of the molecule is CN=C(NCc1ccc(NC(=O)OC)cc1)N(C)Cc1cccc(Cl)c1.I. The second-order valence-electron chi connectivity index (χ2n) is 5.70. The van der Waals surface area contributed by atoms with Crippen LogP contribution in [0.2, 0.25) is 5.02 Å². The van der Waals surface area contributed by atoms with Crippen molar-refractivity contribution in [1.29, 1.82) is 0 Å². The Labute approximate surface area is 182 Å². The second-order valence-corrected chi connectivity index (χ2v) is 6.14. The smallest absolute Gasteiger partial charge is 0.411 e. The molecule has 0 aliphatic heterocycles. The Hall–Kier alpha value is -2.00. The topological polar surface area (TPSA) is 66.0 Å². The number of carbonyl (C=O) groups excluding carboxylic acids is 1. The van der Waals surface area contributed by atoms with Gasteiger partial charge in [-0.25, -0.2) is 4.79 Å². The van der Waals surface area contributed by atoms with Crippen LogP contribution in [0.4, 0.5) is 10.5 Å². The minimum absolute atomic E-state index is 0. The van der Waals surface area contributed by atoms with Crippen molar-refractivity contribution in [3.63, 3.8) is 0 Å². The largest absolute Gasteiger partial charge is 0.453 e. The van der Waals surface area contributed by atoms with E-state index in [2.05, 4.69) is 20.4 Å². The van der Waals surface area contributed by atoms with E-state index in [-0.39, 0.29) is 24.0 Å². The third kappa shape index (κ3) is 7.64. The van der Waals surface area contributed by atoms with E-state index in [0.29, 0.717) is 18.8 Å². The molecule has 2 aromatic carbocycles. The third-order valence-corrected chi connectivity index (χ3v) is 3.95. The molecule has 2 aromatic rings. The van der Waals surface area contributed by atoms with Crippen LogP contribution >= 0.6 is 35.6 Å². The number of aliphatic imine (C=N–C) groups is 1. The maximum atomic E-state index is 11.2. The molecule has 0 aliphatic rings. The predicted octanol–water partition coefficient (Wildman–Crippen LogP) is 4.34. The quantitative estimate of drug-likeness (QED) is 0.363. The molecule has 8 heteroatoms. The molecule has 0 saturated carbocycles. The van der Waals surface area contributed by atoms with Gasteiger partial charge in [-0.1, -0.05) is 35.9 Å². The fourth-order valence-electron chi connectivity index (χ4n) is 2.42. The number of hydrogen-bond donors (Lipinski definition) is 2. The van der Waals surface area contributed by atoms with Gasteiger partial charge in [0.1, 0.15) is 0 Å². The monoisotopic (exact) mass is 502 g/mol. The molecule has 0 aliphatic carbocycles. The molecule has 6 nitrogen and oxygen atoms in total. The lowest BCUT2D eigenvalue weighted by atomic mass is 10.2. The number of benzene rings is 2. The van der Waals surface area contributed by atoms with E-state index in [0.717, 1.165) is 22.1 Å². The molecule has 1 amide bonds. The van der Waals surface area contributed by atoms with Gasteiger partial charge >= 0.3 is 6.09 Å². The minimum Gasteiger partial charge on any atom is -0.453 e. The van der Waals surface area contributed by atoms with Crippen LogP contribution in [0.15, 0.2) is 53.5 Å². The first-order valence-electron chi connectivity index (χ1n) is 8.12. The fourth-order valence-corrected chi connectivity index (χ4v) is 2.64. The maximum absolute atomic E-state index is 11.2. The highest BCUT2D eigenvalue weighted by molar-refractivity contribution is 14.0. The lowest BCUT2D eigenvalue weighted by Crippen LogP contribution is -2.38. The van der Waals surface area contributed by atoms with E-state index in [1.165, 1.54) is 7.11 Å². The van der Waals surface area contributed by atoms with Crippen LogP contribution in [-0.4, -0.2) is 38.2 Å². The maximum Gasteiger partial charge on any atom is 0.411 e. The van der Waals surface area contributed by atoms with Gasteiger partial charge in [-0.3, -0.25) is 10.3 Å². The number of hydrogen-bond acceptors (Lipinski definition) is 3. The number of anilines is 1. The Balaban J connectivity index is 0.00000364. The zero-order valence-corrected chi connectivity index (χ0v) is 18.6. The van der Waals surface area contributed by atoms with Gasteiger partial charge in [-0.05, 0) is 35.4 Å². The summed E-state index contributed by atoms with van der Waals surface area (Å²) in [6.45, 7) is 1.31. The number of methoxy groups -OCH3 is 1. The molecule has 0 unspecified atom stereocenters. The minimum atomic E-state index is -0.487. The van der Waals surface area contributed by atoms with Crippen molar-refractivity contribution < 1.29 is 9.53 Å². The van der Waals surface area contributed by atoms with E-state index in [4.69, 9.17) is 11.6 Å². The second kappa shape index (κ2) is 11.7. The van der Waals surface area contributed by atoms with Crippen LogP contribution in [0.3, 0.4) is 0 Å². The number of rotatable bonds is 5. The molecule has 146 valence electrons. The summed E-state index contributed by atoms with van der Waals surface area (Å²) in [5.41, 5.74) is 2.86. The van der Waals surface area contributed by atoms with Crippen LogP contribution in [0.5, 0.6) is 0 Å². The number of guanidine groups is 1.